The Labute approximate surface area is 153 Å². The minimum atomic E-state index is -0.286. The van der Waals surface area contributed by atoms with Crippen LogP contribution in [-0.4, -0.2) is 32.6 Å². The quantitative estimate of drug-likeness (QED) is 0.710. The van der Waals surface area contributed by atoms with Gasteiger partial charge in [0.2, 0.25) is 0 Å². The molecule has 2 amide bonds. The fourth-order valence-corrected chi connectivity index (χ4v) is 2.35. The molecule has 0 heterocycles. The number of benzene rings is 2. The molecule has 26 heavy (non-hydrogen) atoms. The van der Waals surface area contributed by atoms with Gasteiger partial charge in [-0.2, -0.15) is 0 Å². The first kappa shape index (κ1) is 19.3. The number of nitrogens with one attached hydrogen (secondary N) is 2. The summed E-state index contributed by atoms with van der Waals surface area (Å²) in [4.78, 5) is 24.4. The van der Waals surface area contributed by atoms with Gasteiger partial charge in [-0.15, -0.1) is 0 Å². The highest BCUT2D eigenvalue weighted by molar-refractivity contribution is 6.05. The predicted molar refractivity (Wildman–Crippen MR) is 101 cm³/mol. The van der Waals surface area contributed by atoms with Gasteiger partial charge in [0.15, 0.2) is 0 Å². The van der Waals surface area contributed by atoms with Gasteiger partial charge in [0.1, 0.15) is 11.5 Å². The highest BCUT2D eigenvalue weighted by Crippen LogP contribution is 2.29. The third-order valence-corrected chi connectivity index (χ3v) is 3.88. The molecule has 6 heteroatoms. The van der Waals surface area contributed by atoms with Crippen LogP contribution in [0.25, 0.3) is 0 Å². The van der Waals surface area contributed by atoms with Gasteiger partial charge in [-0.25, -0.2) is 0 Å². The lowest BCUT2D eigenvalue weighted by Crippen LogP contribution is -2.24. The highest BCUT2D eigenvalue weighted by Gasteiger charge is 2.12. The van der Waals surface area contributed by atoms with Crippen molar-refractivity contribution < 1.29 is 19.1 Å². The smallest absolute Gasteiger partial charge is 0.255 e. The Balaban J connectivity index is 2.05. The molecule has 0 saturated heterocycles. The lowest BCUT2D eigenvalue weighted by Gasteiger charge is -2.12. The van der Waals surface area contributed by atoms with Crippen molar-refractivity contribution in [3.63, 3.8) is 0 Å². The van der Waals surface area contributed by atoms with Gasteiger partial charge in [0.05, 0.1) is 19.9 Å². The largest absolute Gasteiger partial charge is 0.497 e. The van der Waals surface area contributed by atoms with Crippen molar-refractivity contribution in [2.45, 2.75) is 19.8 Å². The normalized spacial score (nSPS) is 10.1. The molecule has 0 atom stereocenters. The van der Waals surface area contributed by atoms with Crippen molar-refractivity contribution in [2.24, 2.45) is 0 Å². The second-order valence-electron chi connectivity index (χ2n) is 5.71. The van der Waals surface area contributed by atoms with Crippen molar-refractivity contribution in [3.05, 3.63) is 53.6 Å². The molecule has 0 aliphatic rings. The van der Waals surface area contributed by atoms with Crippen LogP contribution < -0.4 is 20.1 Å². The third-order valence-electron chi connectivity index (χ3n) is 3.88. The van der Waals surface area contributed by atoms with Crippen LogP contribution in [0.2, 0.25) is 0 Å². The molecule has 0 aromatic heterocycles. The Kier molecular flexibility index (Phi) is 7.02. The van der Waals surface area contributed by atoms with Crippen molar-refractivity contribution in [1.29, 1.82) is 0 Å². The van der Waals surface area contributed by atoms with E-state index in [2.05, 4.69) is 17.6 Å². The number of carbonyl (C=O) groups excluding carboxylic acids is 2. The highest BCUT2D eigenvalue weighted by atomic mass is 16.5. The van der Waals surface area contributed by atoms with E-state index in [0.717, 1.165) is 12.8 Å². The summed E-state index contributed by atoms with van der Waals surface area (Å²) in [5.41, 5.74) is 1.52. The Morgan fingerprint density at radius 3 is 2.15 bits per heavy atom. The summed E-state index contributed by atoms with van der Waals surface area (Å²) < 4.78 is 10.4. The lowest BCUT2D eigenvalue weighted by atomic mass is 10.1. The van der Waals surface area contributed by atoms with E-state index in [1.165, 1.54) is 7.11 Å². The summed E-state index contributed by atoms with van der Waals surface area (Å²) in [6.45, 7) is 2.71. The lowest BCUT2D eigenvalue weighted by molar-refractivity contribution is 0.0951. The minimum absolute atomic E-state index is 0.137. The number of hydrogen-bond donors (Lipinski definition) is 2. The molecule has 0 aliphatic carbocycles. The predicted octanol–water partition coefficient (Wildman–Crippen LogP) is 3.49. The molecule has 0 spiro atoms. The number of ether oxygens (including phenoxy) is 2. The van der Waals surface area contributed by atoms with E-state index in [0.29, 0.717) is 34.9 Å². The first-order valence-corrected chi connectivity index (χ1v) is 8.50. The molecular formula is C20H24N2O4. The van der Waals surface area contributed by atoms with Crippen LogP contribution in [0, 0.1) is 0 Å². The molecule has 0 unspecified atom stereocenters. The van der Waals surface area contributed by atoms with E-state index < -0.39 is 0 Å². The SMILES string of the molecule is CCCCNC(=O)c1ccc(C(=O)Nc2ccc(OC)cc2OC)cc1. The summed E-state index contributed by atoms with van der Waals surface area (Å²) in [6.07, 6.45) is 1.96. The van der Waals surface area contributed by atoms with Crippen LogP contribution in [0.5, 0.6) is 11.5 Å². The molecule has 0 bridgehead atoms. The Morgan fingerprint density at radius 1 is 0.923 bits per heavy atom. The summed E-state index contributed by atoms with van der Waals surface area (Å²) >= 11 is 0. The summed E-state index contributed by atoms with van der Waals surface area (Å²) in [6, 6.07) is 11.7. The van der Waals surface area contributed by atoms with E-state index in [1.807, 2.05) is 0 Å². The molecule has 0 aliphatic heterocycles. The maximum Gasteiger partial charge on any atom is 0.255 e. The van der Waals surface area contributed by atoms with Gasteiger partial charge in [-0.05, 0) is 42.8 Å². The van der Waals surface area contributed by atoms with Gasteiger partial charge < -0.3 is 20.1 Å². The maximum absolute atomic E-state index is 12.4. The van der Waals surface area contributed by atoms with Gasteiger partial charge in [-0.1, -0.05) is 13.3 Å². The Hall–Kier alpha value is -3.02. The zero-order valence-electron chi connectivity index (χ0n) is 15.3. The molecule has 2 N–H and O–H groups in total. The zero-order valence-corrected chi connectivity index (χ0v) is 15.3. The number of carbonyl (C=O) groups is 2. The number of anilines is 1. The second kappa shape index (κ2) is 9.46. The van der Waals surface area contributed by atoms with Crippen molar-refractivity contribution in [3.8, 4) is 11.5 Å². The van der Waals surface area contributed by atoms with E-state index in [4.69, 9.17) is 9.47 Å². The van der Waals surface area contributed by atoms with Gasteiger partial charge >= 0.3 is 0 Å². The molecule has 2 rings (SSSR count). The van der Waals surface area contributed by atoms with Crippen LogP contribution in [-0.2, 0) is 0 Å². The number of hydrogen-bond acceptors (Lipinski definition) is 4. The number of methoxy groups -OCH3 is 2. The fraction of sp³-hybridized carbons (Fsp3) is 0.300. The van der Waals surface area contributed by atoms with E-state index in [9.17, 15) is 9.59 Å². The van der Waals surface area contributed by atoms with Crippen molar-refractivity contribution in [2.75, 3.05) is 26.1 Å². The maximum atomic E-state index is 12.4. The first-order chi connectivity index (χ1) is 12.6. The van der Waals surface area contributed by atoms with E-state index in [-0.39, 0.29) is 11.8 Å². The van der Waals surface area contributed by atoms with Crippen LogP contribution in [0.3, 0.4) is 0 Å². The van der Waals surface area contributed by atoms with Crippen LogP contribution in [0.15, 0.2) is 42.5 Å². The van der Waals surface area contributed by atoms with Crippen LogP contribution >= 0.6 is 0 Å². The molecule has 2 aromatic carbocycles. The first-order valence-electron chi connectivity index (χ1n) is 8.50. The minimum Gasteiger partial charge on any atom is -0.497 e. The summed E-state index contributed by atoms with van der Waals surface area (Å²) in [5, 5.41) is 5.65. The average Bonchev–Trinajstić information content (AvgIpc) is 2.68. The Bertz CT molecular complexity index is 757. The van der Waals surface area contributed by atoms with Gasteiger partial charge in [-0.3, -0.25) is 9.59 Å². The number of unbranched alkanes of at least 4 members (excludes halogenated alkanes) is 1. The molecule has 6 nitrogen and oxygen atoms in total. The second-order valence-corrected chi connectivity index (χ2v) is 5.71. The molecule has 138 valence electrons. The van der Waals surface area contributed by atoms with E-state index in [1.54, 1.807) is 49.6 Å². The topological polar surface area (TPSA) is 76.7 Å². The number of amides is 2. The average molecular weight is 356 g/mol. The molecule has 2 aromatic rings. The third kappa shape index (κ3) is 4.99. The summed E-state index contributed by atoms with van der Waals surface area (Å²) in [7, 11) is 3.09. The van der Waals surface area contributed by atoms with Gasteiger partial charge in [0.25, 0.3) is 11.8 Å². The fourth-order valence-electron chi connectivity index (χ4n) is 2.35. The monoisotopic (exact) mass is 356 g/mol. The number of rotatable bonds is 8. The van der Waals surface area contributed by atoms with Gasteiger partial charge in [0, 0.05) is 23.7 Å². The van der Waals surface area contributed by atoms with E-state index >= 15 is 0 Å². The van der Waals surface area contributed by atoms with Crippen LogP contribution in [0.4, 0.5) is 5.69 Å². The molecule has 0 radical (unpaired) electrons. The summed E-state index contributed by atoms with van der Waals surface area (Å²) in [5.74, 6) is 0.719. The molecular weight excluding hydrogens is 332 g/mol. The Morgan fingerprint density at radius 2 is 1.58 bits per heavy atom. The van der Waals surface area contributed by atoms with Crippen molar-refractivity contribution >= 4 is 17.5 Å². The molecule has 0 fully saturated rings. The standard InChI is InChI=1S/C20H24N2O4/c1-4-5-12-21-19(23)14-6-8-15(9-7-14)20(24)22-17-11-10-16(25-2)13-18(17)26-3/h6-11,13H,4-5,12H2,1-3H3,(H,21,23)(H,22,24). The zero-order chi connectivity index (χ0) is 18.9. The van der Waals surface area contributed by atoms with Crippen molar-refractivity contribution in [1.82, 2.24) is 5.32 Å². The van der Waals surface area contributed by atoms with Crippen LogP contribution in [0.1, 0.15) is 40.5 Å². The molecule has 0 saturated carbocycles.